The highest BCUT2D eigenvalue weighted by Crippen LogP contribution is 2.18. The molecule has 0 fully saturated rings. The molecule has 0 heterocycles. The van der Waals surface area contributed by atoms with E-state index in [0.717, 1.165) is 15.8 Å². The van der Waals surface area contributed by atoms with Crippen molar-refractivity contribution in [3.8, 4) is 5.75 Å². The Kier molecular flexibility index (Phi) is 4.52. The highest BCUT2D eigenvalue weighted by atomic mass is 79.9. The van der Waals surface area contributed by atoms with Gasteiger partial charge in [-0.05, 0) is 23.8 Å². The first-order valence-corrected chi connectivity index (χ1v) is 6.56. The number of nitro groups is 1. The van der Waals surface area contributed by atoms with Crippen LogP contribution in [0.1, 0.15) is 5.56 Å². The van der Waals surface area contributed by atoms with Crippen molar-refractivity contribution in [2.75, 3.05) is 6.61 Å². The number of hydrogen-bond donors (Lipinski definition) is 0. The molecular formula is C14H12BrNO3. The fraction of sp³-hybridized carbons (Fsp3) is 0.143. The molecule has 4 nitrogen and oxygen atoms in total. The van der Waals surface area contributed by atoms with Gasteiger partial charge in [0.25, 0.3) is 5.69 Å². The Balaban J connectivity index is 1.87. The molecule has 0 aliphatic heterocycles. The van der Waals surface area contributed by atoms with Crippen molar-refractivity contribution in [2.45, 2.75) is 6.42 Å². The lowest BCUT2D eigenvalue weighted by Crippen LogP contribution is -2.01. The molecule has 0 spiro atoms. The highest BCUT2D eigenvalue weighted by molar-refractivity contribution is 9.10. The van der Waals surface area contributed by atoms with E-state index in [1.807, 2.05) is 24.3 Å². The first-order valence-electron chi connectivity index (χ1n) is 5.77. The fourth-order valence-corrected chi connectivity index (χ4v) is 2.01. The minimum absolute atomic E-state index is 0.108. The smallest absolute Gasteiger partial charge is 0.269 e. The van der Waals surface area contributed by atoms with Crippen molar-refractivity contribution in [3.05, 3.63) is 68.7 Å². The third-order valence-corrected chi connectivity index (χ3v) is 3.10. The predicted octanol–water partition coefficient (Wildman–Crippen LogP) is 3.98. The summed E-state index contributed by atoms with van der Waals surface area (Å²) >= 11 is 3.38. The van der Waals surface area contributed by atoms with E-state index in [-0.39, 0.29) is 5.69 Å². The van der Waals surface area contributed by atoms with Crippen LogP contribution in [0, 0.1) is 10.1 Å². The summed E-state index contributed by atoms with van der Waals surface area (Å²) in [6, 6.07) is 14.2. The van der Waals surface area contributed by atoms with E-state index in [0.29, 0.717) is 13.0 Å². The van der Waals surface area contributed by atoms with Crippen LogP contribution in [0.2, 0.25) is 0 Å². The number of non-ortho nitro benzene ring substituents is 1. The van der Waals surface area contributed by atoms with Gasteiger partial charge in [-0.15, -0.1) is 0 Å². The van der Waals surface area contributed by atoms with Crippen LogP contribution in [0.3, 0.4) is 0 Å². The molecule has 0 radical (unpaired) electrons. The lowest BCUT2D eigenvalue weighted by atomic mass is 10.1. The molecular weight excluding hydrogens is 310 g/mol. The predicted molar refractivity (Wildman–Crippen MR) is 76.4 cm³/mol. The Morgan fingerprint density at radius 2 is 1.89 bits per heavy atom. The molecule has 19 heavy (non-hydrogen) atoms. The lowest BCUT2D eigenvalue weighted by Gasteiger charge is -2.06. The van der Waals surface area contributed by atoms with Crippen molar-refractivity contribution < 1.29 is 9.66 Å². The average molecular weight is 322 g/mol. The van der Waals surface area contributed by atoms with Crippen molar-refractivity contribution in [3.63, 3.8) is 0 Å². The van der Waals surface area contributed by atoms with Crippen LogP contribution in [-0.4, -0.2) is 11.5 Å². The maximum Gasteiger partial charge on any atom is 0.269 e. The molecule has 98 valence electrons. The fourth-order valence-electron chi connectivity index (χ4n) is 1.63. The number of rotatable bonds is 5. The van der Waals surface area contributed by atoms with Gasteiger partial charge in [0.2, 0.25) is 0 Å². The van der Waals surface area contributed by atoms with Gasteiger partial charge in [0, 0.05) is 23.0 Å². The van der Waals surface area contributed by atoms with Crippen LogP contribution in [0.25, 0.3) is 0 Å². The molecule has 0 saturated carbocycles. The molecule has 0 aliphatic carbocycles. The molecule has 0 aliphatic rings. The number of nitro benzene ring substituents is 1. The van der Waals surface area contributed by atoms with Gasteiger partial charge in [0.15, 0.2) is 0 Å². The zero-order valence-electron chi connectivity index (χ0n) is 10.1. The number of nitrogens with zero attached hydrogens (tertiary/aromatic N) is 1. The van der Waals surface area contributed by atoms with Crippen LogP contribution in [-0.2, 0) is 6.42 Å². The Labute approximate surface area is 119 Å². The van der Waals surface area contributed by atoms with E-state index in [1.54, 1.807) is 12.1 Å². The third kappa shape index (κ3) is 4.06. The van der Waals surface area contributed by atoms with E-state index < -0.39 is 4.92 Å². The van der Waals surface area contributed by atoms with Crippen LogP contribution < -0.4 is 4.74 Å². The summed E-state index contributed by atoms with van der Waals surface area (Å²) in [6.45, 7) is 0.536. The summed E-state index contributed by atoms with van der Waals surface area (Å²) in [5.41, 5.74) is 1.12. The Bertz CT molecular complexity index is 569. The monoisotopic (exact) mass is 321 g/mol. The summed E-state index contributed by atoms with van der Waals surface area (Å²) < 4.78 is 6.58. The van der Waals surface area contributed by atoms with Gasteiger partial charge in [-0.1, -0.05) is 34.1 Å². The normalized spacial score (nSPS) is 10.2. The summed E-state index contributed by atoms with van der Waals surface area (Å²) in [5, 5.41) is 10.5. The van der Waals surface area contributed by atoms with Crippen LogP contribution in [0.5, 0.6) is 5.75 Å². The second-order valence-corrected chi connectivity index (χ2v) is 4.90. The summed E-state index contributed by atoms with van der Waals surface area (Å²) in [4.78, 5) is 10.1. The molecule has 0 bridgehead atoms. The van der Waals surface area contributed by atoms with Crippen LogP contribution in [0.15, 0.2) is 53.0 Å². The third-order valence-electron chi connectivity index (χ3n) is 2.60. The van der Waals surface area contributed by atoms with Gasteiger partial charge >= 0.3 is 0 Å². The average Bonchev–Trinajstić information content (AvgIpc) is 2.39. The van der Waals surface area contributed by atoms with Crippen molar-refractivity contribution in [2.24, 2.45) is 0 Å². The lowest BCUT2D eigenvalue weighted by molar-refractivity contribution is -0.384. The summed E-state index contributed by atoms with van der Waals surface area (Å²) in [7, 11) is 0. The van der Waals surface area contributed by atoms with E-state index in [4.69, 9.17) is 4.74 Å². The number of benzene rings is 2. The van der Waals surface area contributed by atoms with Gasteiger partial charge in [-0.3, -0.25) is 10.1 Å². The van der Waals surface area contributed by atoms with E-state index in [1.165, 1.54) is 12.1 Å². The molecule has 0 unspecified atom stereocenters. The molecule has 2 aromatic rings. The van der Waals surface area contributed by atoms with Gasteiger partial charge in [-0.25, -0.2) is 0 Å². The quantitative estimate of drug-likeness (QED) is 0.618. The number of ether oxygens (including phenoxy) is 1. The standard InChI is InChI=1S/C14H12BrNO3/c15-12-2-1-3-14(10-12)19-9-8-11-4-6-13(7-5-11)16(17)18/h1-7,10H,8-9H2. The van der Waals surface area contributed by atoms with Gasteiger partial charge in [-0.2, -0.15) is 0 Å². The Morgan fingerprint density at radius 3 is 2.53 bits per heavy atom. The SMILES string of the molecule is O=[N+]([O-])c1ccc(CCOc2cccc(Br)c2)cc1. The maximum absolute atomic E-state index is 10.5. The zero-order valence-corrected chi connectivity index (χ0v) is 11.7. The molecule has 0 N–H and O–H groups in total. The molecule has 0 saturated heterocycles. The van der Waals surface area contributed by atoms with Crippen molar-refractivity contribution >= 4 is 21.6 Å². The minimum Gasteiger partial charge on any atom is -0.493 e. The van der Waals surface area contributed by atoms with E-state index in [2.05, 4.69) is 15.9 Å². The second kappa shape index (κ2) is 6.33. The number of halogens is 1. The largest absolute Gasteiger partial charge is 0.493 e. The Hall–Kier alpha value is -1.88. The summed E-state index contributed by atoms with van der Waals surface area (Å²) in [6.07, 6.45) is 0.713. The molecule has 5 heteroatoms. The first-order chi connectivity index (χ1) is 9.15. The van der Waals surface area contributed by atoms with Crippen LogP contribution >= 0.6 is 15.9 Å². The number of hydrogen-bond acceptors (Lipinski definition) is 3. The van der Waals surface area contributed by atoms with Gasteiger partial charge in [0.05, 0.1) is 11.5 Å². The Morgan fingerprint density at radius 1 is 1.16 bits per heavy atom. The molecule has 0 atom stereocenters. The van der Waals surface area contributed by atoms with Crippen molar-refractivity contribution in [1.82, 2.24) is 0 Å². The van der Waals surface area contributed by atoms with Gasteiger partial charge in [0.1, 0.15) is 5.75 Å². The van der Waals surface area contributed by atoms with E-state index in [9.17, 15) is 10.1 Å². The molecule has 0 amide bonds. The topological polar surface area (TPSA) is 52.4 Å². The molecule has 2 aromatic carbocycles. The maximum atomic E-state index is 10.5. The van der Waals surface area contributed by atoms with Crippen molar-refractivity contribution in [1.29, 1.82) is 0 Å². The zero-order chi connectivity index (χ0) is 13.7. The van der Waals surface area contributed by atoms with E-state index >= 15 is 0 Å². The second-order valence-electron chi connectivity index (χ2n) is 3.98. The van der Waals surface area contributed by atoms with Crippen LogP contribution in [0.4, 0.5) is 5.69 Å². The first kappa shape index (κ1) is 13.5. The summed E-state index contributed by atoms with van der Waals surface area (Å²) in [5.74, 6) is 0.802. The minimum atomic E-state index is -0.401. The highest BCUT2D eigenvalue weighted by Gasteiger charge is 2.03. The molecule has 0 aromatic heterocycles. The van der Waals surface area contributed by atoms with Gasteiger partial charge < -0.3 is 4.74 Å². The molecule has 2 rings (SSSR count).